The Kier molecular flexibility index (Phi) is 6.18. The SMILES string of the molecule is COc1cc2c(cc1OC)CN(C(=O)NCc1cccc(OC(F)F)c1)CC2. The normalized spacial score (nSPS) is 13.1. The maximum atomic E-state index is 12.5. The minimum Gasteiger partial charge on any atom is -0.493 e. The van der Waals surface area contributed by atoms with E-state index in [0.717, 1.165) is 11.1 Å². The summed E-state index contributed by atoms with van der Waals surface area (Å²) in [7, 11) is 3.16. The number of ether oxygens (including phenoxy) is 3. The Labute approximate surface area is 162 Å². The molecule has 2 aromatic carbocycles. The van der Waals surface area contributed by atoms with Crippen LogP contribution < -0.4 is 19.5 Å². The van der Waals surface area contributed by atoms with Crippen molar-refractivity contribution in [3.8, 4) is 17.2 Å². The van der Waals surface area contributed by atoms with Gasteiger partial charge in [0.1, 0.15) is 5.75 Å². The van der Waals surface area contributed by atoms with Gasteiger partial charge in [0.05, 0.1) is 14.2 Å². The third kappa shape index (κ3) is 4.62. The summed E-state index contributed by atoms with van der Waals surface area (Å²) in [6.45, 7) is -1.64. The van der Waals surface area contributed by atoms with Crippen LogP contribution in [0.15, 0.2) is 36.4 Å². The molecule has 28 heavy (non-hydrogen) atoms. The topological polar surface area (TPSA) is 60.0 Å². The van der Waals surface area contributed by atoms with Crippen LogP contribution in [0, 0.1) is 0 Å². The van der Waals surface area contributed by atoms with Gasteiger partial charge in [-0.15, -0.1) is 0 Å². The number of nitrogens with zero attached hydrogens (tertiary/aromatic N) is 1. The highest BCUT2D eigenvalue weighted by molar-refractivity contribution is 5.74. The third-order valence-corrected chi connectivity index (χ3v) is 4.57. The first-order chi connectivity index (χ1) is 13.5. The molecule has 0 saturated carbocycles. The Balaban J connectivity index is 1.62. The third-order valence-electron chi connectivity index (χ3n) is 4.57. The Morgan fingerprint density at radius 1 is 1.14 bits per heavy atom. The lowest BCUT2D eigenvalue weighted by Gasteiger charge is -2.29. The van der Waals surface area contributed by atoms with Crippen LogP contribution in [-0.2, 0) is 19.5 Å². The lowest BCUT2D eigenvalue weighted by molar-refractivity contribution is -0.0498. The minimum absolute atomic E-state index is 0.0645. The Bertz CT molecular complexity index is 845. The number of carbonyl (C=O) groups is 1. The van der Waals surface area contributed by atoms with Crippen LogP contribution >= 0.6 is 0 Å². The summed E-state index contributed by atoms with van der Waals surface area (Å²) in [6, 6.07) is 9.88. The van der Waals surface area contributed by atoms with Gasteiger partial charge in [0.2, 0.25) is 0 Å². The molecule has 2 aromatic rings. The molecular formula is C20H22F2N2O4. The zero-order valence-electron chi connectivity index (χ0n) is 15.7. The number of fused-ring (bicyclic) bond motifs is 1. The van der Waals surface area contributed by atoms with E-state index in [1.54, 1.807) is 31.3 Å². The van der Waals surface area contributed by atoms with Gasteiger partial charge in [0, 0.05) is 19.6 Å². The predicted molar refractivity (Wildman–Crippen MR) is 99.0 cm³/mol. The molecule has 1 aliphatic rings. The van der Waals surface area contributed by atoms with E-state index < -0.39 is 6.61 Å². The summed E-state index contributed by atoms with van der Waals surface area (Å²) >= 11 is 0. The van der Waals surface area contributed by atoms with E-state index in [2.05, 4.69) is 10.1 Å². The molecule has 1 aliphatic heterocycles. The second-order valence-corrected chi connectivity index (χ2v) is 6.33. The second kappa shape index (κ2) is 8.77. The summed E-state index contributed by atoms with van der Waals surface area (Å²) in [6.07, 6.45) is 0.709. The van der Waals surface area contributed by atoms with Gasteiger partial charge in [-0.3, -0.25) is 0 Å². The fourth-order valence-corrected chi connectivity index (χ4v) is 3.18. The van der Waals surface area contributed by atoms with Crippen molar-refractivity contribution in [1.82, 2.24) is 10.2 Å². The first-order valence-corrected chi connectivity index (χ1v) is 8.80. The summed E-state index contributed by atoms with van der Waals surface area (Å²) in [5.74, 6) is 1.36. The molecular weight excluding hydrogens is 370 g/mol. The summed E-state index contributed by atoms with van der Waals surface area (Å²) in [5.41, 5.74) is 2.81. The summed E-state index contributed by atoms with van der Waals surface area (Å²) in [5, 5.41) is 2.82. The second-order valence-electron chi connectivity index (χ2n) is 6.33. The maximum absolute atomic E-state index is 12.5. The zero-order chi connectivity index (χ0) is 20.1. The number of alkyl halides is 2. The first kappa shape index (κ1) is 19.7. The van der Waals surface area contributed by atoms with Crippen molar-refractivity contribution in [2.75, 3.05) is 20.8 Å². The molecule has 3 rings (SSSR count). The van der Waals surface area contributed by atoms with Crippen LogP contribution in [0.5, 0.6) is 17.2 Å². The van der Waals surface area contributed by atoms with Crippen molar-refractivity contribution in [3.63, 3.8) is 0 Å². The van der Waals surface area contributed by atoms with Crippen LogP contribution in [-0.4, -0.2) is 38.3 Å². The number of amides is 2. The van der Waals surface area contributed by atoms with Crippen molar-refractivity contribution in [1.29, 1.82) is 0 Å². The number of hydrogen-bond donors (Lipinski definition) is 1. The number of hydrogen-bond acceptors (Lipinski definition) is 4. The number of rotatable bonds is 6. The molecule has 6 nitrogen and oxygen atoms in total. The molecule has 150 valence electrons. The molecule has 0 unspecified atom stereocenters. The van der Waals surface area contributed by atoms with Crippen molar-refractivity contribution < 1.29 is 27.8 Å². The Hall–Kier alpha value is -3.03. The molecule has 1 N–H and O–H groups in total. The Morgan fingerprint density at radius 3 is 2.54 bits per heavy atom. The van der Waals surface area contributed by atoms with Gasteiger partial charge >= 0.3 is 12.6 Å². The van der Waals surface area contributed by atoms with Crippen LogP contribution in [0.4, 0.5) is 13.6 Å². The lowest BCUT2D eigenvalue weighted by atomic mass is 9.99. The molecule has 1 heterocycles. The minimum atomic E-state index is -2.88. The standard InChI is InChI=1S/C20H22F2N2O4/c1-26-17-9-14-6-7-24(12-15(14)10-18(17)27-2)20(25)23-11-13-4-3-5-16(8-13)28-19(21)22/h3-5,8-10,19H,6-7,11-12H2,1-2H3,(H,23,25). The van der Waals surface area contributed by atoms with E-state index in [1.165, 1.54) is 12.1 Å². The maximum Gasteiger partial charge on any atom is 0.387 e. The molecule has 0 bridgehead atoms. The van der Waals surface area contributed by atoms with Crippen molar-refractivity contribution >= 4 is 6.03 Å². The molecule has 0 radical (unpaired) electrons. The van der Waals surface area contributed by atoms with Crippen LogP contribution in [0.25, 0.3) is 0 Å². The van der Waals surface area contributed by atoms with Gasteiger partial charge < -0.3 is 24.4 Å². The highest BCUT2D eigenvalue weighted by Crippen LogP contribution is 2.33. The van der Waals surface area contributed by atoms with Gasteiger partial charge in [-0.05, 0) is 47.4 Å². The first-order valence-electron chi connectivity index (χ1n) is 8.80. The van der Waals surface area contributed by atoms with Gasteiger partial charge in [0.15, 0.2) is 11.5 Å². The number of urea groups is 1. The zero-order valence-corrected chi connectivity index (χ0v) is 15.7. The molecule has 0 fully saturated rings. The number of benzene rings is 2. The highest BCUT2D eigenvalue weighted by atomic mass is 19.3. The monoisotopic (exact) mass is 392 g/mol. The highest BCUT2D eigenvalue weighted by Gasteiger charge is 2.22. The van der Waals surface area contributed by atoms with Crippen molar-refractivity contribution in [2.24, 2.45) is 0 Å². The molecule has 0 spiro atoms. The van der Waals surface area contributed by atoms with Gasteiger partial charge in [0.25, 0.3) is 0 Å². The lowest BCUT2D eigenvalue weighted by Crippen LogP contribution is -2.42. The number of carbonyl (C=O) groups excluding carboxylic acids is 1. The van der Waals surface area contributed by atoms with Gasteiger partial charge in [-0.1, -0.05) is 12.1 Å². The largest absolute Gasteiger partial charge is 0.493 e. The van der Waals surface area contributed by atoms with Gasteiger partial charge in [-0.2, -0.15) is 8.78 Å². The van der Waals surface area contributed by atoms with E-state index in [-0.39, 0.29) is 18.3 Å². The van der Waals surface area contributed by atoms with E-state index in [1.807, 2.05) is 12.1 Å². The van der Waals surface area contributed by atoms with Crippen LogP contribution in [0.3, 0.4) is 0 Å². The Morgan fingerprint density at radius 2 is 1.86 bits per heavy atom. The fourth-order valence-electron chi connectivity index (χ4n) is 3.18. The quantitative estimate of drug-likeness (QED) is 0.817. The smallest absolute Gasteiger partial charge is 0.387 e. The molecule has 0 aromatic heterocycles. The average molecular weight is 392 g/mol. The number of halogens is 2. The van der Waals surface area contributed by atoms with Crippen LogP contribution in [0.1, 0.15) is 16.7 Å². The van der Waals surface area contributed by atoms with Crippen molar-refractivity contribution in [3.05, 3.63) is 53.1 Å². The summed E-state index contributed by atoms with van der Waals surface area (Å²) < 4.78 is 39.7. The van der Waals surface area contributed by atoms with E-state index >= 15 is 0 Å². The molecule has 0 saturated heterocycles. The number of methoxy groups -OCH3 is 2. The molecule has 2 amide bonds. The molecule has 0 aliphatic carbocycles. The number of nitrogens with one attached hydrogen (secondary N) is 1. The van der Waals surface area contributed by atoms with E-state index in [9.17, 15) is 13.6 Å². The predicted octanol–water partition coefficient (Wildman–Crippen LogP) is 3.57. The van der Waals surface area contributed by atoms with Crippen molar-refractivity contribution in [2.45, 2.75) is 26.1 Å². The summed E-state index contributed by atoms with van der Waals surface area (Å²) in [4.78, 5) is 14.2. The van der Waals surface area contributed by atoms with E-state index in [4.69, 9.17) is 9.47 Å². The molecule has 8 heteroatoms. The van der Waals surface area contributed by atoms with Crippen LogP contribution in [0.2, 0.25) is 0 Å². The van der Waals surface area contributed by atoms with E-state index in [0.29, 0.717) is 36.6 Å². The molecule has 0 atom stereocenters. The average Bonchev–Trinajstić information content (AvgIpc) is 2.70. The van der Waals surface area contributed by atoms with Gasteiger partial charge in [-0.25, -0.2) is 4.79 Å². The fraction of sp³-hybridized carbons (Fsp3) is 0.350.